The Kier molecular flexibility index (Phi) is 7.37. The van der Waals surface area contributed by atoms with Crippen LogP contribution in [0.3, 0.4) is 0 Å². The third-order valence-corrected chi connectivity index (χ3v) is 5.95. The van der Waals surface area contributed by atoms with Crippen molar-refractivity contribution in [3.05, 3.63) is 29.3 Å². The molecule has 1 aromatic heterocycles. The highest BCUT2D eigenvalue weighted by atomic mass is 16.6. The van der Waals surface area contributed by atoms with E-state index in [1.54, 1.807) is 4.90 Å². The van der Waals surface area contributed by atoms with Crippen LogP contribution in [0.15, 0.2) is 18.2 Å². The molecule has 194 valence electrons. The van der Waals surface area contributed by atoms with E-state index in [-0.39, 0.29) is 12.0 Å². The molecule has 4 N–H and O–H groups in total. The number of hydrogen-bond donors (Lipinski definition) is 4. The Labute approximate surface area is 210 Å². The molecule has 11 heteroatoms. The third-order valence-electron chi connectivity index (χ3n) is 5.95. The summed E-state index contributed by atoms with van der Waals surface area (Å²) >= 11 is 0. The largest absolute Gasteiger partial charge is 0.444 e. The number of carbonyl (C=O) groups is 3. The summed E-state index contributed by atoms with van der Waals surface area (Å²) in [6.07, 6.45) is 1.42. The summed E-state index contributed by atoms with van der Waals surface area (Å²) in [6.45, 7) is 8.52. The Bertz CT molecular complexity index is 1140. The number of rotatable bonds is 7. The average Bonchev–Trinajstić information content (AvgIpc) is 3.31. The number of aromatic amines is 1. The molecule has 2 aromatic rings. The van der Waals surface area contributed by atoms with Gasteiger partial charge in [0.2, 0.25) is 5.91 Å². The Morgan fingerprint density at radius 3 is 2.78 bits per heavy atom. The Morgan fingerprint density at radius 1 is 1.22 bits per heavy atom. The molecular weight excluding hydrogens is 464 g/mol. The zero-order valence-electron chi connectivity index (χ0n) is 21.2. The molecule has 0 spiro atoms. The monoisotopic (exact) mass is 498 g/mol. The smallest absolute Gasteiger partial charge is 0.414 e. The molecule has 2 heterocycles. The molecule has 11 nitrogen and oxygen atoms in total. The van der Waals surface area contributed by atoms with Crippen LogP contribution in [0.2, 0.25) is 0 Å². The van der Waals surface area contributed by atoms with Crippen LogP contribution in [-0.4, -0.2) is 66.2 Å². The van der Waals surface area contributed by atoms with Crippen molar-refractivity contribution < 1.29 is 23.9 Å². The summed E-state index contributed by atoms with van der Waals surface area (Å²) < 4.78 is 10.7. The van der Waals surface area contributed by atoms with Crippen LogP contribution in [-0.2, 0) is 27.1 Å². The van der Waals surface area contributed by atoms with Crippen molar-refractivity contribution in [2.75, 3.05) is 36.4 Å². The first kappa shape index (κ1) is 25.3. The number of H-pyrrole nitrogens is 1. The highest BCUT2D eigenvalue weighted by Crippen LogP contribution is 2.36. The molecule has 2 aliphatic rings. The number of aromatic nitrogens is 2. The van der Waals surface area contributed by atoms with Crippen molar-refractivity contribution in [1.29, 1.82) is 0 Å². The lowest BCUT2D eigenvalue weighted by atomic mass is 10.0. The highest BCUT2D eigenvalue weighted by molar-refractivity contribution is 5.90. The number of ether oxygens (including phenoxy) is 2. The van der Waals surface area contributed by atoms with Gasteiger partial charge in [-0.05, 0) is 57.7 Å². The number of benzene rings is 1. The summed E-state index contributed by atoms with van der Waals surface area (Å²) in [5, 5.41) is 16.4. The first-order valence-electron chi connectivity index (χ1n) is 12.2. The van der Waals surface area contributed by atoms with Crippen LogP contribution in [0.1, 0.15) is 45.2 Å². The van der Waals surface area contributed by atoms with Crippen LogP contribution in [0.4, 0.5) is 21.1 Å². The van der Waals surface area contributed by atoms with Crippen LogP contribution >= 0.6 is 0 Å². The van der Waals surface area contributed by atoms with Crippen molar-refractivity contribution in [2.45, 2.75) is 58.7 Å². The lowest BCUT2D eigenvalue weighted by Crippen LogP contribution is -2.35. The summed E-state index contributed by atoms with van der Waals surface area (Å²) in [6, 6.07) is 5.95. The maximum absolute atomic E-state index is 12.4. The van der Waals surface area contributed by atoms with Crippen molar-refractivity contribution in [1.82, 2.24) is 20.8 Å². The Morgan fingerprint density at radius 2 is 2.03 bits per heavy atom. The van der Waals surface area contributed by atoms with Gasteiger partial charge in [-0.15, -0.1) is 0 Å². The number of carbonyl (C=O) groups excluding carboxylic acids is 3. The van der Waals surface area contributed by atoms with Gasteiger partial charge in [0.05, 0.1) is 18.8 Å². The minimum atomic E-state index is -0.534. The molecule has 4 rings (SSSR count). The average molecular weight is 499 g/mol. The van der Waals surface area contributed by atoms with Crippen LogP contribution in [0.25, 0.3) is 11.3 Å². The fourth-order valence-corrected chi connectivity index (χ4v) is 4.39. The number of hydrogen-bond acceptors (Lipinski definition) is 7. The first-order chi connectivity index (χ1) is 17.1. The number of anilines is 2. The zero-order chi connectivity index (χ0) is 25.9. The second-order valence-corrected chi connectivity index (χ2v) is 10.0. The van der Waals surface area contributed by atoms with Gasteiger partial charge >= 0.3 is 12.2 Å². The number of nitrogens with one attached hydrogen (secondary N) is 4. The number of amides is 3. The molecule has 1 aliphatic heterocycles. The molecule has 0 saturated carbocycles. The number of nitrogens with zero attached hydrogens (tertiary/aromatic N) is 2. The van der Waals surface area contributed by atoms with Gasteiger partial charge in [-0.1, -0.05) is 6.07 Å². The van der Waals surface area contributed by atoms with Crippen molar-refractivity contribution in [3.8, 4) is 11.3 Å². The van der Waals surface area contributed by atoms with Crippen LogP contribution in [0.5, 0.6) is 0 Å². The third kappa shape index (κ3) is 6.07. The van der Waals surface area contributed by atoms with Crippen molar-refractivity contribution in [2.24, 2.45) is 0 Å². The van der Waals surface area contributed by atoms with Gasteiger partial charge in [0.25, 0.3) is 0 Å². The fourth-order valence-electron chi connectivity index (χ4n) is 4.39. The summed E-state index contributed by atoms with van der Waals surface area (Å²) in [5.41, 5.74) is 4.50. The molecule has 1 atom stereocenters. The van der Waals surface area contributed by atoms with E-state index >= 15 is 0 Å². The molecule has 1 aromatic carbocycles. The van der Waals surface area contributed by atoms with E-state index < -0.39 is 17.8 Å². The number of cyclic esters (lactones) is 1. The molecule has 0 unspecified atom stereocenters. The SMILES string of the molecule is CC(=O)NC[C@H]1CN(c2ccc3c(c2)CCCc2c(NCCNC(=O)OC(C)(C)C)n[nH]c2-3)C(=O)O1. The minimum Gasteiger partial charge on any atom is -0.444 e. The molecule has 1 aliphatic carbocycles. The molecule has 1 saturated heterocycles. The van der Waals surface area contributed by atoms with Gasteiger partial charge in [-0.25, -0.2) is 9.59 Å². The topological polar surface area (TPSA) is 138 Å². The van der Waals surface area contributed by atoms with Crippen molar-refractivity contribution in [3.63, 3.8) is 0 Å². The lowest BCUT2D eigenvalue weighted by molar-refractivity contribution is -0.119. The highest BCUT2D eigenvalue weighted by Gasteiger charge is 2.33. The van der Waals surface area contributed by atoms with Gasteiger partial charge in [0.15, 0.2) is 5.82 Å². The predicted octanol–water partition coefficient (Wildman–Crippen LogP) is 2.96. The summed E-state index contributed by atoms with van der Waals surface area (Å²) in [5.74, 6) is 0.620. The van der Waals surface area contributed by atoms with Crippen LogP contribution < -0.4 is 20.9 Å². The van der Waals surface area contributed by atoms with E-state index in [0.717, 1.165) is 53.2 Å². The van der Waals surface area contributed by atoms with Crippen molar-refractivity contribution >= 4 is 29.6 Å². The van der Waals surface area contributed by atoms with E-state index in [9.17, 15) is 14.4 Å². The van der Waals surface area contributed by atoms with Crippen LogP contribution in [0, 0.1) is 0 Å². The maximum atomic E-state index is 12.4. The maximum Gasteiger partial charge on any atom is 0.414 e. The Hall–Kier alpha value is -3.76. The number of fused-ring (bicyclic) bond motifs is 3. The zero-order valence-corrected chi connectivity index (χ0v) is 21.2. The molecule has 0 bridgehead atoms. The fraction of sp³-hybridized carbons (Fsp3) is 0.520. The first-order valence-corrected chi connectivity index (χ1v) is 12.2. The molecule has 0 radical (unpaired) electrons. The summed E-state index contributed by atoms with van der Waals surface area (Å²) in [4.78, 5) is 37.0. The van der Waals surface area contributed by atoms with E-state index in [4.69, 9.17) is 9.47 Å². The van der Waals surface area contributed by atoms with Gasteiger partial charge in [0.1, 0.15) is 11.7 Å². The normalized spacial score (nSPS) is 16.9. The molecule has 1 fully saturated rings. The van der Waals surface area contributed by atoms with E-state index in [0.29, 0.717) is 26.2 Å². The quantitative estimate of drug-likeness (QED) is 0.431. The predicted molar refractivity (Wildman–Crippen MR) is 135 cm³/mol. The van der Waals surface area contributed by atoms with Gasteiger partial charge < -0.3 is 25.4 Å². The molecule has 3 amide bonds. The number of alkyl carbamates (subject to hydrolysis) is 1. The van der Waals surface area contributed by atoms with E-state index in [1.165, 1.54) is 6.92 Å². The van der Waals surface area contributed by atoms with E-state index in [2.05, 4.69) is 26.1 Å². The van der Waals surface area contributed by atoms with E-state index in [1.807, 2.05) is 39.0 Å². The van der Waals surface area contributed by atoms with Gasteiger partial charge in [-0.3, -0.25) is 14.8 Å². The lowest BCUT2D eigenvalue weighted by Gasteiger charge is -2.19. The second-order valence-electron chi connectivity index (χ2n) is 10.0. The Balaban J connectivity index is 1.41. The number of aryl methyl sites for hydroxylation is 1. The molecule has 36 heavy (non-hydrogen) atoms. The summed E-state index contributed by atoms with van der Waals surface area (Å²) in [7, 11) is 0. The minimum absolute atomic E-state index is 0.155. The van der Waals surface area contributed by atoms with Gasteiger partial charge in [-0.2, -0.15) is 5.10 Å². The standard InChI is InChI=1S/C25H34N6O5/c1-15(32)28-13-18-14-31(24(34)35-18)17-8-9-19-16(12-17)6-5-7-20-21(19)29-30-22(20)26-10-11-27-23(33)36-25(2,3)4/h8-9,12,18H,5-7,10-11,13-14H2,1-4H3,(H,27,33)(H,28,32)(H2,26,29,30)/t18-/m0/s1. The molecular formula is C25H34N6O5. The van der Waals surface area contributed by atoms with Gasteiger partial charge in [0, 0.05) is 36.8 Å². The second kappa shape index (κ2) is 10.5.